The van der Waals surface area contributed by atoms with Gasteiger partial charge in [-0.15, -0.1) is 0 Å². The van der Waals surface area contributed by atoms with Crippen LogP contribution in [0.25, 0.3) is 0 Å². The molecule has 0 saturated carbocycles. The summed E-state index contributed by atoms with van der Waals surface area (Å²) in [6.45, 7) is 5.74. The van der Waals surface area contributed by atoms with Crippen molar-refractivity contribution >= 4 is 11.6 Å². The van der Waals surface area contributed by atoms with Crippen molar-refractivity contribution in [3.8, 4) is 17.6 Å². The number of nitrogens with zero attached hydrogens (tertiary/aromatic N) is 2. The van der Waals surface area contributed by atoms with Crippen LogP contribution in [0.5, 0.6) is 11.5 Å². The van der Waals surface area contributed by atoms with Crippen LogP contribution in [0.3, 0.4) is 0 Å². The Labute approximate surface area is 155 Å². The predicted octanol–water partition coefficient (Wildman–Crippen LogP) is 3.97. The molecule has 0 radical (unpaired) electrons. The van der Waals surface area contributed by atoms with Crippen molar-refractivity contribution in [1.82, 2.24) is 5.32 Å². The molecule has 1 unspecified atom stereocenters. The Hall–Kier alpha value is -3.00. The van der Waals surface area contributed by atoms with Gasteiger partial charge in [-0.2, -0.15) is 5.26 Å². The van der Waals surface area contributed by atoms with E-state index in [4.69, 9.17) is 4.74 Å². The monoisotopic (exact) mass is 351 g/mol. The molecule has 5 heteroatoms. The van der Waals surface area contributed by atoms with Crippen LogP contribution in [0.1, 0.15) is 20.8 Å². The van der Waals surface area contributed by atoms with E-state index in [-0.39, 0.29) is 18.4 Å². The van der Waals surface area contributed by atoms with Crippen molar-refractivity contribution in [2.45, 2.75) is 26.3 Å². The highest BCUT2D eigenvalue weighted by molar-refractivity contribution is 5.82. The van der Waals surface area contributed by atoms with E-state index in [1.807, 2.05) is 80.4 Å². The van der Waals surface area contributed by atoms with E-state index in [1.165, 1.54) is 0 Å². The Morgan fingerprint density at radius 2 is 1.73 bits per heavy atom. The third kappa shape index (κ3) is 5.00. The fraction of sp³-hybridized carbons (Fsp3) is 0.333. The molecule has 2 rings (SSSR count). The van der Waals surface area contributed by atoms with Gasteiger partial charge in [-0.3, -0.25) is 4.79 Å². The number of para-hydroxylation sites is 1. The van der Waals surface area contributed by atoms with Gasteiger partial charge in [0.1, 0.15) is 17.0 Å². The first-order valence-electron chi connectivity index (χ1n) is 8.60. The number of ether oxygens (including phenoxy) is 1. The normalized spacial score (nSPS) is 12.8. The molecule has 5 nitrogen and oxygen atoms in total. The van der Waals surface area contributed by atoms with Crippen molar-refractivity contribution in [2.75, 3.05) is 18.5 Å². The molecular formula is C21H25N3O2. The van der Waals surface area contributed by atoms with Gasteiger partial charge in [0, 0.05) is 12.7 Å². The molecule has 0 aliphatic carbocycles. The molecule has 2 aromatic carbocycles. The minimum Gasteiger partial charge on any atom is -0.457 e. The fourth-order valence-electron chi connectivity index (χ4n) is 2.33. The molecule has 1 N–H and O–H groups in total. The molecule has 0 aliphatic heterocycles. The molecule has 0 aliphatic rings. The number of nitriles is 1. The van der Waals surface area contributed by atoms with Crippen molar-refractivity contribution in [3.05, 3.63) is 54.6 Å². The minimum atomic E-state index is -0.870. The molecule has 1 amide bonds. The zero-order chi connectivity index (χ0) is 19.2. The minimum absolute atomic E-state index is 0.0242. The van der Waals surface area contributed by atoms with E-state index in [2.05, 4.69) is 11.4 Å². The summed E-state index contributed by atoms with van der Waals surface area (Å²) in [5, 5.41) is 12.1. The summed E-state index contributed by atoms with van der Waals surface area (Å²) >= 11 is 0. The third-order valence-corrected chi connectivity index (χ3v) is 4.42. The maximum atomic E-state index is 12.3. The van der Waals surface area contributed by atoms with Gasteiger partial charge in [0.2, 0.25) is 5.91 Å². The Morgan fingerprint density at radius 1 is 1.15 bits per heavy atom. The molecule has 0 bridgehead atoms. The first-order chi connectivity index (χ1) is 12.3. The second-order valence-electron chi connectivity index (χ2n) is 6.78. The summed E-state index contributed by atoms with van der Waals surface area (Å²) in [5.41, 5.74) is 0.0226. The number of hydrogen-bond acceptors (Lipinski definition) is 4. The van der Waals surface area contributed by atoms with Gasteiger partial charge in [0.25, 0.3) is 0 Å². The lowest BCUT2D eigenvalue weighted by Gasteiger charge is -2.28. The lowest BCUT2D eigenvalue weighted by atomic mass is 9.90. The molecule has 26 heavy (non-hydrogen) atoms. The number of amides is 1. The van der Waals surface area contributed by atoms with Crippen LogP contribution in [0.4, 0.5) is 5.69 Å². The van der Waals surface area contributed by atoms with Crippen molar-refractivity contribution in [1.29, 1.82) is 5.26 Å². The quantitative estimate of drug-likeness (QED) is 0.820. The fourth-order valence-corrected chi connectivity index (χ4v) is 2.33. The van der Waals surface area contributed by atoms with Crippen LogP contribution in [0, 0.1) is 17.2 Å². The third-order valence-electron chi connectivity index (χ3n) is 4.42. The van der Waals surface area contributed by atoms with Gasteiger partial charge in [0.05, 0.1) is 12.6 Å². The Balaban J connectivity index is 1.96. The molecule has 2 aromatic rings. The van der Waals surface area contributed by atoms with Crippen LogP contribution in [-0.2, 0) is 4.79 Å². The average molecular weight is 351 g/mol. The van der Waals surface area contributed by atoms with Gasteiger partial charge in [-0.05, 0) is 49.2 Å². The molecular weight excluding hydrogens is 326 g/mol. The number of hydrogen-bond donors (Lipinski definition) is 1. The SMILES string of the molecule is CC(C)C(C)(C#N)NC(=O)CN(C)c1ccc(Oc2ccccc2)cc1. The van der Waals surface area contributed by atoms with Crippen LogP contribution >= 0.6 is 0 Å². The van der Waals surface area contributed by atoms with E-state index < -0.39 is 5.54 Å². The van der Waals surface area contributed by atoms with Crippen LogP contribution in [0.2, 0.25) is 0 Å². The summed E-state index contributed by atoms with van der Waals surface area (Å²) in [6, 6.07) is 19.3. The van der Waals surface area contributed by atoms with Gasteiger partial charge in [0.15, 0.2) is 0 Å². The maximum absolute atomic E-state index is 12.3. The van der Waals surface area contributed by atoms with E-state index in [0.29, 0.717) is 0 Å². The summed E-state index contributed by atoms with van der Waals surface area (Å²) in [5.74, 6) is 1.35. The van der Waals surface area contributed by atoms with E-state index in [9.17, 15) is 10.1 Å². The van der Waals surface area contributed by atoms with Crippen molar-refractivity contribution < 1.29 is 9.53 Å². The summed E-state index contributed by atoms with van der Waals surface area (Å²) in [4.78, 5) is 14.1. The van der Waals surface area contributed by atoms with E-state index in [0.717, 1.165) is 17.2 Å². The van der Waals surface area contributed by atoms with Crippen LogP contribution < -0.4 is 15.0 Å². The first kappa shape index (κ1) is 19.3. The number of rotatable bonds is 7. The van der Waals surface area contributed by atoms with Gasteiger partial charge in [-0.1, -0.05) is 32.0 Å². The largest absolute Gasteiger partial charge is 0.457 e. The van der Waals surface area contributed by atoms with Crippen LogP contribution in [-0.4, -0.2) is 25.0 Å². The number of likely N-dealkylation sites (N-methyl/N-ethyl adjacent to an activating group) is 1. The first-order valence-corrected chi connectivity index (χ1v) is 8.60. The Kier molecular flexibility index (Phi) is 6.24. The van der Waals surface area contributed by atoms with Crippen LogP contribution in [0.15, 0.2) is 54.6 Å². The molecule has 0 heterocycles. The number of carbonyl (C=O) groups is 1. The average Bonchev–Trinajstić information content (AvgIpc) is 2.62. The highest BCUT2D eigenvalue weighted by Gasteiger charge is 2.30. The smallest absolute Gasteiger partial charge is 0.240 e. The van der Waals surface area contributed by atoms with Gasteiger partial charge >= 0.3 is 0 Å². The van der Waals surface area contributed by atoms with E-state index in [1.54, 1.807) is 6.92 Å². The highest BCUT2D eigenvalue weighted by atomic mass is 16.5. The molecule has 0 saturated heterocycles. The maximum Gasteiger partial charge on any atom is 0.240 e. The lowest BCUT2D eigenvalue weighted by Crippen LogP contribution is -2.51. The summed E-state index contributed by atoms with van der Waals surface area (Å²) < 4.78 is 5.77. The molecule has 0 spiro atoms. The van der Waals surface area contributed by atoms with Crippen molar-refractivity contribution in [3.63, 3.8) is 0 Å². The molecule has 1 atom stereocenters. The molecule has 0 aromatic heterocycles. The van der Waals surface area contributed by atoms with E-state index >= 15 is 0 Å². The second kappa shape index (κ2) is 8.39. The molecule has 136 valence electrons. The Bertz CT molecular complexity index is 766. The predicted molar refractivity (Wildman–Crippen MR) is 103 cm³/mol. The Morgan fingerprint density at radius 3 is 2.27 bits per heavy atom. The van der Waals surface area contributed by atoms with Gasteiger partial charge < -0.3 is 15.0 Å². The van der Waals surface area contributed by atoms with Gasteiger partial charge in [-0.25, -0.2) is 0 Å². The summed E-state index contributed by atoms with van der Waals surface area (Å²) in [7, 11) is 1.84. The van der Waals surface area contributed by atoms with Crippen molar-refractivity contribution in [2.24, 2.45) is 5.92 Å². The second-order valence-corrected chi connectivity index (χ2v) is 6.78. The standard InChI is InChI=1S/C21H25N3O2/c1-16(2)21(3,15-22)23-20(25)14-24(4)17-10-12-19(13-11-17)26-18-8-6-5-7-9-18/h5-13,16H,14H2,1-4H3,(H,23,25). The zero-order valence-corrected chi connectivity index (χ0v) is 15.7. The topological polar surface area (TPSA) is 65.4 Å². The zero-order valence-electron chi connectivity index (χ0n) is 15.7. The number of anilines is 1. The lowest BCUT2D eigenvalue weighted by molar-refractivity contribution is -0.121. The number of nitrogens with one attached hydrogen (secondary N) is 1. The number of benzene rings is 2. The number of carbonyl (C=O) groups excluding carboxylic acids is 1. The summed E-state index contributed by atoms with van der Waals surface area (Å²) in [6.07, 6.45) is 0. The molecule has 0 fully saturated rings. The highest BCUT2D eigenvalue weighted by Crippen LogP contribution is 2.24.